The fraction of sp³-hybridized carbons (Fsp3) is 0.441. The van der Waals surface area contributed by atoms with Crippen LogP contribution in [0.1, 0.15) is 77.1 Å². The lowest BCUT2D eigenvalue weighted by Crippen LogP contribution is -2.50. The summed E-state index contributed by atoms with van der Waals surface area (Å²) in [6.07, 6.45) is 0.918. The first-order valence-electron chi connectivity index (χ1n) is 14.4. The lowest BCUT2D eigenvalue weighted by atomic mass is 9.93. The fourth-order valence-electron chi connectivity index (χ4n) is 4.88. The van der Waals surface area contributed by atoms with Crippen molar-refractivity contribution in [2.24, 2.45) is 5.92 Å². The summed E-state index contributed by atoms with van der Waals surface area (Å²) in [5.74, 6) is -0.234. The first-order chi connectivity index (χ1) is 19.3. The van der Waals surface area contributed by atoms with Crippen LogP contribution >= 0.6 is 0 Å². The molecule has 0 aliphatic rings. The number of carbonyl (C=O) groups is 3. The first kappa shape index (κ1) is 31.7. The average molecular weight is 560 g/mol. The van der Waals surface area contributed by atoms with E-state index in [1.807, 2.05) is 81.4 Å². The number of hydrogen-bond acceptors (Lipinski definition) is 4. The number of nitrogens with one attached hydrogen (secondary N) is 2. The minimum absolute atomic E-state index is 0.266. The molecule has 0 heterocycles. The summed E-state index contributed by atoms with van der Waals surface area (Å²) < 4.78 is 5.35. The van der Waals surface area contributed by atoms with Gasteiger partial charge in [0.2, 0.25) is 5.91 Å². The smallest absolute Gasteiger partial charge is 0.408 e. The van der Waals surface area contributed by atoms with E-state index >= 15 is 0 Å². The number of carbonyl (C=O) groups excluding carboxylic acids is 3. The lowest BCUT2D eigenvalue weighted by molar-refractivity contribution is -0.141. The third-order valence-corrected chi connectivity index (χ3v) is 7.19. The number of rotatable bonds is 10. The van der Waals surface area contributed by atoms with Crippen molar-refractivity contribution in [2.75, 3.05) is 11.9 Å². The molecular formula is C34H45N3O4. The normalized spacial score (nSPS) is 13.0. The highest BCUT2D eigenvalue weighted by Gasteiger charge is 2.36. The molecule has 2 N–H and O–H groups in total. The largest absolute Gasteiger partial charge is 0.444 e. The molecule has 2 unspecified atom stereocenters. The van der Waals surface area contributed by atoms with Crippen molar-refractivity contribution in [3.05, 3.63) is 77.4 Å². The van der Waals surface area contributed by atoms with Gasteiger partial charge in [0.25, 0.3) is 5.91 Å². The van der Waals surface area contributed by atoms with E-state index in [1.54, 1.807) is 25.7 Å². The second kappa shape index (κ2) is 13.7. The Labute approximate surface area is 244 Å². The van der Waals surface area contributed by atoms with Gasteiger partial charge in [0.15, 0.2) is 0 Å². The van der Waals surface area contributed by atoms with Crippen LogP contribution in [0.5, 0.6) is 0 Å². The Morgan fingerprint density at radius 1 is 0.878 bits per heavy atom. The summed E-state index contributed by atoms with van der Waals surface area (Å²) in [5.41, 5.74) is 2.68. The summed E-state index contributed by atoms with van der Waals surface area (Å²) in [6.45, 7) is 15.2. The van der Waals surface area contributed by atoms with Crippen molar-refractivity contribution in [2.45, 2.75) is 85.9 Å². The van der Waals surface area contributed by atoms with Crippen LogP contribution in [0.3, 0.4) is 0 Å². The highest BCUT2D eigenvalue weighted by atomic mass is 16.6. The van der Waals surface area contributed by atoms with Gasteiger partial charge < -0.3 is 20.3 Å². The second-order valence-electron chi connectivity index (χ2n) is 12.2. The van der Waals surface area contributed by atoms with E-state index in [-0.39, 0.29) is 24.4 Å². The number of benzene rings is 3. The Bertz CT molecular complexity index is 1380. The van der Waals surface area contributed by atoms with Gasteiger partial charge in [-0.15, -0.1) is 0 Å². The van der Waals surface area contributed by atoms with Crippen molar-refractivity contribution in [3.8, 4) is 0 Å². The van der Waals surface area contributed by atoms with Gasteiger partial charge in [0.05, 0.1) is 0 Å². The number of hydrogen-bond donors (Lipinski definition) is 2. The molecule has 0 aromatic heterocycles. The number of anilines is 1. The van der Waals surface area contributed by atoms with Crippen molar-refractivity contribution < 1.29 is 19.1 Å². The molecule has 3 aromatic rings. The second-order valence-corrected chi connectivity index (χ2v) is 12.2. The van der Waals surface area contributed by atoms with Crippen LogP contribution in [0, 0.1) is 19.8 Å². The van der Waals surface area contributed by atoms with Crippen LogP contribution in [0.4, 0.5) is 10.5 Å². The maximum Gasteiger partial charge on any atom is 0.408 e. The van der Waals surface area contributed by atoms with E-state index in [4.69, 9.17) is 4.74 Å². The summed E-state index contributed by atoms with van der Waals surface area (Å²) >= 11 is 0. The standard InChI is InChI=1S/C34H45N3O4/c1-22(2)16-17-24(4)37(30(38)21-35-33(40)41-34(6,7)8)31(29-15-11-12-23(3)25(29)5)32(39)36-28-19-18-26-13-9-10-14-27(26)20-28/h9-15,18-20,22,24,31H,16-17,21H2,1-8H3,(H,35,40)(H,36,39). The first-order valence-corrected chi connectivity index (χ1v) is 14.4. The monoisotopic (exact) mass is 559 g/mol. The summed E-state index contributed by atoms with van der Waals surface area (Å²) in [7, 11) is 0. The van der Waals surface area contributed by atoms with Gasteiger partial charge in [-0.2, -0.15) is 0 Å². The van der Waals surface area contributed by atoms with Gasteiger partial charge in [-0.1, -0.05) is 62.4 Å². The minimum Gasteiger partial charge on any atom is -0.444 e. The van der Waals surface area contributed by atoms with E-state index in [9.17, 15) is 14.4 Å². The number of nitrogens with zero attached hydrogens (tertiary/aromatic N) is 1. The SMILES string of the molecule is Cc1cccc(C(C(=O)Nc2ccc3ccccc3c2)N(C(=O)CNC(=O)OC(C)(C)C)C(C)CCC(C)C)c1C. The Kier molecular flexibility index (Phi) is 10.5. The molecule has 3 amide bonds. The highest BCUT2D eigenvalue weighted by Crippen LogP contribution is 2.31. The van der Waals surface area contributed by atoms with Crippen LogP contribution in [-0.4, -0.2) is 41.0 Å². The van der Waals surface area contributed by atoms with Crippen LogP contribution in [0.15, 0.2) is 60.7 Å². The van der Waals surface area contributed by atoms with Crippen LogP contribution in [0.2, 0.25) is 0 Å². The molecule has 220 valence electrons. The lowest BCUT2D eigenvalue weighted by Gasteiger charge is -2.37. The maximum atomic E-state index is 14.2. The molecule has 0 saturated carbocycles. The molecule has 41 heavy (non-hydrogen) atoms. The number of amides is 3. The maximum absolute atomic E-state index is 14.2. The van der Waals surface area contributed by atoms with Gasteiger partial charge in [0, 0.05) is 11.7 Å². The fourth-order valence-corrected chi connectivity index (χ4v) is 4.88. The third kappa shape index (κ3) is 8.81. The van der Waals surface area contributed by atoms with Crippen molar-refractivity contribution in [3.63, 3.8) is 0 Å². The molecule has 0 bridgehead atoms. The zero-order valence-electron chi connectivity index (χ0n) is 25.7. The highest BCUT2D eigenvalue weighted by molar-refractivity contribution is 6.00. The quantitative estimate of drug-likeness (QED) is 0.273. The topological polar surface area (TPSA) is 87.7 Å². The van der Waals surface area contributed by atoms with Gasteiger partial charge >= 0.3 is 6.09 Å². The van der Waals surface area contributed by atoms with Crippen LogP contribution in [0.25, 0.3) is 10.8 Å². The predicted molar refractivity (Wildman–Crippen MR) is 166 cm³/mol. The Morgan fingerprint density at radius 3 is 2.22 bits per heavy atom. The Balaban J connectivity index is 2.02. The van der Waals surface area contributed by atoms with Crippen molar-refractivity contribution in [1.82, 2.24) is 10.2 Å². The van der Waals surface area contributed by atoms with E-state index in [0.29, 0.717) is 18.0 Å². The van der Waals surface area contributed by atoms with E-state index in [0.717, 1.165) is 33.9 Å². The van der Waals surface area contributed by atoms with Gasteiger partial charge in [-0.25, -0.2) is 4.79 Å². The molecule has 0 fully saturated rings. The van der Waals surface area contributed by atoms with Crippen LogP contribution in [-0.2, 0) is 14.3 Å². The number of aryl methyl sites for hydroxylation is 1. The molecule has 0 aliphatic heterocycles. The van der Waals surface area contributed by atoms with Gasteiger partial charge in [0.1, 0.15) is 18.2 Å². The molecule has 0 radical (unpaired) electrons. The molecule has 3 rings (SSSR count). The Hall–Kier alpha value is -3.87. The molecule has 0 aliphatic carbocycles. The zero-order chi connectivity index (χ0) is 30.3. The molecule has 3 aromatic carbocycles. The molecule has 7 nitrogen and oxygen atoms in total. The molecule has 2 atom stereocenters. The number of fused-ring (bicyclic) bond motifs is 1. The predicted octanol–water partition coefficient (Wildman–Crippen LogP) is 7.31. The van der Waals surface area contributed by atoms with Gasteiger partial charge in [-0.3, -0.25) is 9.59 Å². The van der Waals surface area contributed by atoms with E-state index in [2.05, 4.69) is 24.5 Å². The van der Waals surface area contributed by atoms with Gasteiger partial charge in [-0.05, 0) is 99.9 Å². The average Bonchev–Trinajstić information content (AvgIpc) is 2.89. The van der Waals surface area contributed by atoms with E-state index < -0.39 is 17.7 Å². The summed E-state index contributed by atoms with van der Waals surface area (Å²) in [6, 6.07) is 18.4. The van der Waals surface area contributed by atoms with E-state index in [1.165, 1.54) is 0 Å². The van der Waals surface area contributed by atoms with Crippen molar-refractivity contribution >= 4 is 34.4 Å². The number of ether oxygens (including phenoxy) is 1. The molecule has 7 heteroatoms. The number of alkyl carbamates (subject to hydrolysis) is 1. The summed E-state index contributed by atoms with van der Waals surface area (Å²) in [5, 5.41) is 7.76. The molecule has 0 saturated heterocycles. The van der Waals surface area contributed by atoms with Crippen LogP contribution < -0.4 is 10.6 Å². The van der Waals surface area contributed by atoms with Crippen molar-refractivity contribution in [1.29, 1.82) is 0 Å². The third-order valence-electron chi connectivity index (χ3n) is 7.19. The molecule has 0 spiro atoms. The Morgan fingerprint density at radius 2 is 1.56 bits per heavy atom. The zero-order valence-corrected chi connectivity index (χ0v) is 25.7. The minimum atomic E-state index is -0.906. The summed E-state index contributed by atoms with van der Waals surface area (Å²) in [4.78, 5) is 42.2. The molecular weight excluding hydrogens is 514 g/mol.